The number of benzene rings is 2. The Morgan fingerprint density at radius 2 is 1.57 bits per heavy atom. The molecule has 1 atom stereocenters. The summed E-state index contributed by atoms with van der Waals surface area (Å²) in [5.41, 5.74) is 1.96. The van der Waals surface area contributed by atoms with E-state index in [9.17, 15) is 9.59 Å². The summed E-state index contributed by atoms with van der Waals surface area (Å²) in [6.45, 7) is 0.335. The van der Waals surface area contributed by atoms with Crippen LogP contribution in [-0.2, 0) is 17.8 Å². The summed E-state index contributed by atoms with van der Waals surface area (Å²) in [6, 6.07) is 22.1. The first-order chi connectivity index (χ1) is 13.6. The van der Waals surface area contributed by atoms with E-state index < -0.39 is 12.0 Å². The minimum absolute atomic E-state index is 0.220. The van der Waals surface area contributed by atoms with Crippen molar-refractivity contribution >= 4 is 11.9 Å². The van der Waals surface area contributed by atoms with Crippen molar-refractivity contribution in [1.29, 1.82) is 0 Å². The molecule has 1 N–H and O–H groups in total. The zero-order valence-electron chi connectivity index (χ0n) is 15.3. The first-order valence-electron chi connectivity index (χ1n) is 8.97. The standard InChI is InChI=1S/C23H21NO4/c25-22(26)14-13-20(16-18-8-3-1-4-9-18)24(17-19-10-5-2-6-11-19)23(27)21-12-7-15-28-21/h1-15,20H,16-17H2,(H,25,26)/b14-13+. The number of hydrogen-bond donors (Lipinski definition) is 1. The third kappa shape index (κ3) is 5.20. The molecule has 3 aromatic rings. The molecule has 0 bridgehead atoms. The van der Waals surface area contributed by atoms with E-state index in [1.165, 1.54) is 6.26 Å². The molecule has 0 aliphatic carbocycles. The fourth-order valence-electron chi connectivity index (χ4n) is 2.99. The Labute approximate surface area is 163 Å². The van der Waals surface area contributed by atoms with E-state index in [1.54, 1.807) is 23.1 Å². The number of nitrogens with zero attached hydrogens (tertiary/aromatic N) is 1. The molecule has 5 heteroatoms. The number of carboxylic acid groups (broad SMARTS) is 1. The second-order valence-corrected chi connectivity index (χ2v) is 6.35. The number of carbonyl (C=O) groups excluding carboxylic acids is 1. The van der Waals surface area contributed by atoms with Crippen molar-refractivity contribution in [3.63, 3.8) is 0 Å². The van der Waals surface area contributed by atoms with Gasteiger partial charge in [0, 0.05) is 12.6 Å². The van der Waals surface area contributed by atoms with Crippen molar-refractivity contribution in [3.05, 3.63) is 108 Å². The molecule has 0 spiro atoms. The van der Waals surface area contributed by atoms with Gasteiger partial charge >= 0.3 is 5.97 Å². The normalized spacial score (nSPS) is 12.0. The third-order valence-electron chi connectivity index (χ3n) is 4.34. The lowest BCUT2D eigenvalue weighted by molar-refractivity contribution is -0.131. The average Bonchev–Trinajstić information content (AvgIpc) is 3.25. The van der Waals surface area contributed by atoms with Gasteiger partial charge in [0.05, 0.1) is 12.3 Å². The second-order valence-electron chi connectivity index (χ2n) is 6.35. The molecule has 0 saturated heterocycles. The molecule has 1 amide bonds. The molecular weight excluding hydrogens is 354 g/mol. The van der Waals surface area contributed by atoms with Crippen LogP contribution in [0.4, 0.5) is 0 Å². The van der Waals surface area contributed by atoms with Crippen molar-refractivity contribution in [2.75, 3.05) is 0 Å². The fraction of sp³-hybridized carbons (Fsp3) is 0.130. The molecule has 5 nitrogen and oxygen atoms in total. The number of furan rings is 1. The highest BCUT2D eigenvalue weighted by Crippen LogP contribution is 2.18. The van der Waals surface area contributed by atoms with Crippen LogP contribution in [0.3, 0.4) is 0 Å². The van der Waals surface area contributed by atoms with Crippen LogP contribution in [0, 0.1) is 0 Å². The van der Waals surface area contributed by atoms with E-state index in [1.807, 2.05) is 60.7 Å². The SMILES string of the molecule is O=C(O)/C=C/C(Cc1ccccc1)N(Cc1ccccc1)C(=O)c1ccco1. The largest absolute Gasteiger partial charge is 0.478 e. The van der Waals surface area contributed by atoms with Gasteiger partial charge < -0.3 is 14.4 Å². The maximum Gasteiger partial charge on any atom is 0.328 e. The molecule has 1 aromatic heterocycles. The predicted octanol–water partition coefficient (Wildman–Crippen LogP) is 4.17. The lowest BCUT2D eigenvalue weighted by Gasteiger charge is -2.29. The Morgan fingerprint density at radius 1 is 0.929 bits per heavy atom. The van der Waals surface area contributed by atoms with Crippen molar-refractivity contribution in [3.8, 4) is 0 Å². The van der Waals surface area contributed by atoms with Crippen molar-refractivity contribution in [1.82, 2.24) is 4.90 Å². The summed E-state index contributed by atoms with van der Waals surface area (Å²) in [5, 5.41) is 9.11. The molecule has 0 radical (unpaired) electrons. The molecule has 0 saturated carbocycles. The molecule has 2 aromatic carbocycles. The van der Waals surface area contributed by atoms with Crippen molar-refractivity contribution in [2.45, 2.75) is 19.0 Å². The lowest BCUT2D eigenvalue weighted by Crippen LogP contribution is -2.40. The molecule has 1 unspecified atom stereocenters. The zero-order valence-corrected chi connectivity index (χ0v) is 15.3. The molecule has 3 rings (SSSR count). The molecule has 142 valence electrons. The number of hydrogen-bond acceptors (Lipinski definition) is 3. The Kier molecular flexibility index (Phi) is 6.41. The Hall–Kier alpha value is -3.60. The summed E-state index contributed by atoms with van der Waals surface area (Å²) >= 11 is 0. The van der Waals surface area contributed by atoms with Gasteiger partial charge in [-0.2, -0.15) is 0 Å². The fourth-order valence-corrected chi connectivity index (χ4v) is 2.99. The maximum atomic E-state index is 13.1. The molecule has 0 aliphatic rings. The Balaban J connectivity index is 1.96. The van der Waals surface area contributed by atoms with E-state index in [0.717, 1.165) is 17.2 Å². The van der Waals surface area contributed by atoms with Gasteiger partial charge in [0.15, 0.2) is 5.76 Å². The van der Waals surface area contributed by atoms with Crippen LogP contribution in [0.25, 0.3) is 0 Å². The smallest absolute Gasteiger partial charge is 0.328 e. The lowest BCUT2D eigenvalue weighted by atomic mass is 10.0. The minimum Gasteiger partial charge on any atom is -0.478 e. The first kappa shape index (κ1) is 19.2. The van der Waals surface area contributed by atoms with Crippen LogP contribution < -0.4 is 0 Å². The third-order valence-corrected chi connectivity index (χ3v) is 4.34. The van der Waals surface area contributed by atoms with Gasteiger partial charge in [-0.3, -0.25) is 4.79 Å². The number of carbonyl (C=O) groups is 2. The number of carboxylic acids is 1. The summed E-state index contributed by atoms with van der Waals surface area (Å²) in [5.74, 6) is -1.12. The monoisotopic (exact) mass is 375 g/mol. The van der Waals surface area contributed by atoms with Crippen molar-refractivity contribution < 1.29 is 19.1 Å². The van der Waals surface area contributed by atoms with Crippen LogP contribution in [0.5, 0.6) is 0 Å². The number of rotatable bonds is 8. The summed E-state index contributed by atoms with van der Waals surface area (Å²) in [4.78, 5) is 25.9. The summed E-state index contributed by atoms with van der Waals surface area (Å²) in [7, 11) is 0. The van der Waals surface area contributed by atoms with Gasteiger partial charge in [-0.1, -0.05) is 66.7 Å². The van der Waals surface area contributed by atoms with Crippen LogP contribution in [0.15, 0.2) is 95.6 Å². The highest BCUT2D eigenvalue weighted by atomic mass is 16.4. The molecule has 0 aliphatic heterocycles. The topological polar surface area (TPSA) is 70.8 Å². The van der Waals surface area contributed by atoms with Crippen molar-refractivity contribution in [2.24, 2.45) is 0 Å². The Morgan fingerprint density at radius 3 is 2.14 bits per heavy atom. The quantitative estimate of drug-likeness (QED) is 0.600. The maximum absolute atomic E-state index is 13.1. The highest BCUT2D eigenvalue weighted by molar-refractivity contribution is 5.92. The van der Waals surface area contributed by atoms with E-state index in [4.69, 9.17) is 9.52 Å². The van der Waals surface area contributed by atoms with E-state index in [-0.39, 0.29) is 11.7 Å². The van der Waals surface area contributed by atoms with Gasteiger partial charge in [-0.25, -0.2) is 4.79 Å². The summed E-state index contributed by atoms with van der Waals surface area (Å²) in [6.07, 6.45) is 4.58. The van der Waals surface area contributed by atoms with Crippen LogP contribution in [0.2, 0.25) is 0 Å². The van der Waals surface area contributed by atoms with Gasteiger partial charge in [0.2, 0.25) is 0 Å². The molecular formula is C23H21NO4. The second kappa shape index (κ2) is 9.37. The average molecular weight is 375 g/mol. The minimum atomic E-state index is -1.05. The summed E-state index contributed by atoms with van der Waals surface area (Å²) < 4.78 is 5.31. The van der Waals surface area contributed by atoms with E-state index in [2.05, 4.69) is 0 Å². The predicted molar refractivity (Wildman–Crippen MR) is 106 cm³/mol. The van der Waals surface area contributed by atoms with Crippen LogP contribution in [0.1, 0.15) is 21.7 Å². The van der Waals surface area contributed by atoms with Gasteiger partial charge in [-0.15, -0.1) is 0 Å². The van der Waals surface area contributed by atoms with Gasteiger partial charge in [0.25, 0.3) is 5.91 Å². The number of aliphatic carboxylic acids is 1. The van der Waals surface area contributed by atoms with E-state index >= 15 is 0 Å². The molecule has 28 heavy (non-hydrogen) atoms. The number of amides is 1. The first-order valence-corrected chi connectivity index (χ1v) is 8.97. The van der Waals surface area contributed by atoms with Crippen LogP contribution in [-0.4, -0.2) is 27.9 Å². The highest BCUT2D eigenvalue weighted by Gasteiger charge is 2.25. The molecule has 1 heterocycles. The molecule has 0 fully saturated rings. The van der Waals surface area contributed by atoms with Crippen LogP contribution >= 0.6 is 0 Å². The van der Waals surface area contributed by atoms with Gasteiger partial charge in [0.1, 0.15) is 0 Å². The van der Waals surface area contributed by atoms with E-state index in [0.29, 0.717) is 13.0 Å². The Bertz CT molecular complexity index is 918. The van der Waals surface area contributed by atoms with Gasteiger partial charge in [-0.05, 0) is 29.7 Å². The zero-order chi connectivity index (χ0) is 19.8.